The second-order valence-electron chi connectivity index (χ2n) is 18.6. The molecule has 60 heavy (non-hydrogen) atoms. The van der Waals surface area contributed by atoms with Crippen LogP contribution in [-0.2, 0) is 22.6 Å². The highest BCUT2D eigenvalue weighted by Crippen LogP contribution is 2.54. The molecular weight excluding hydrogens is 758 g/mol. The average Bonchev–Trinajstić information content (AvgIpc) is 3.58. The fourth-order valence-corrected chi connectivity index (χ4v) is 12.3. The van der Waals surface area contributed by atoms with Gasteiger partial charge in [-0.25, -0.2) is 4.39 Å². The number of hydrogen-bond donors (Lipinski definition) is 2. The molecule has 0 radical (unpaired) electrons. The monoisotopic (exact) mass is 809 g/mol. The van der Waals surface area contributed by atoms with E-state index in [2.05, 4.69) is 50.3 Å². The van der Waals surface area contributed by atoms with Crippen LogP contribution in [0.1, 0.15) is 95.0 Å². The highest BCUT2D eigenvalue weighted by atomic mass is 19.1. The van der Waals surface area contributed by atoms with Crippen LogP contribution < -0.4 is 19.9 Å². The van der Waals surface area contributed by atoms with Crippen molar-refractivity contribution in [3.05, 3.63) is 118 Å². The molecule has 2 N–H and O–H groups in total. The van der Waals surface area contributed by atoms with E-state index in [0.717, 1.165) is 93.1 Å². The number of fused-ring (bicyclic) bond motifs is 6. The number of aryl methyl sites for hydroxylation is 1. The van der Waals surface area contributed by atoms with Gasteiger partial charge in [-0.15, -0.1) is 0 Å². The summed E-state index contributed by atoms with van der Waals surface area (Å²) in [6.07, 6.45) is 7.06. The van der Waals surface area contributed by atoms with E-state index in [1.54, 1.807) is 17.0 Å². The van der Waals surface area contributed by atoms with Gasteiger partial charge in [-0.2, -0.15) is 0 Å². The number of amides is 3. The van der Waals surface area contributed by atoms with Crippen molar-refractivity contribution >= 4 is 29.1 Å². The van der Waals surface area contributed by atoms with Crippen LogP contribution in [0.3, 0.4) is 0 Å². The van der Waals surface area contributed by atoms with E-state index in [0.29, 0.717) is 42.2 Å². The third-order valence-electron chi connectivity index (χ3n) is 15.2. The molecule has 5 heterocycles. The van der Waals surface area contributed by atoms with Crippen LogP contribution in [0.25, 0.3) is 0 Å². The molecule has 310 valence electrons. The van der Waals surface area contributed by atoms with Gasteiger partial charge < -0.3 is 24.5 Å². The average molecular weight is 810 g/mol. The fraction of sp³-hybridized carbons (Fsp3) is 0.449. The van der Waals surface area contributed by atoms with Gasteiger partial charge in [0.1, 0.15) is 30.0 Å². The number of benzene rings is 4. The predicted molar refractivity (Wildman–Crippen MR) is 226 cm³/mol. The fourth-order valence-electron chi connectivity index (χ4n) is 12.3. The summed E-state index contributed by atoms with van der Waals surface area (Å²) in [5, 5.41) is 12.6. The van der Waals surface area contributed by atoms with Crippen molar-refractivity contribution in [1.82, 2.24) is 15.1 Å². The van der Waals surface area contributed by atoms with Gasteiger partial charge in [0, 0.05) is 62.7 Å². The zero-order valence-corrected chi connectivity index (χ0v) is 34.0. The second-order valence-corrected chi connectivity index (χ2v) is 18.6. The van der Waals surface area contributed by atoms with Crippen LogP contribution in [0.15, 0.2) is 78.9 Å². The van der Waals surface area contributed by atoms with Crippen LogP contribution in [0.4, 0.5) is 15.8 Å². The van der Waals surface area contributed by atoms with E-state index < -0.39 is 11.9 Å². The number of phenols is 1. The molecule has 0 bridgehead atoms. The Balaban J connectivity index is 0.698. The van der Waals surface area contributed by atoms with Crippen molar-refractivity contribution in [1.29, 1.82) is 0 Å². The Hall–Kier alpha value is -5.42. The van der Waals surface area contributed by atoms with E-state index in [-0.39, 0.29) is 47.7 Å². The van der Waals surface area contributed by atoms with E-state index >= 15 is 4.39 Å². The molecule has 4 aromatic rings. The number of halogens is 1. The maximum absolute atomic E-state index is 16.2. The molecule has 4 aromatic carbocycles. The van der Waals surface area contributed by atoms with E-state index in [1.165, 1.54) is 24.0 Å². The molecule has 1 saturated carbocycles. The third-order valence-corrected chi connectivity index (χ3v) is 15.2. The number of carbonyl (C=O) groups is 3. The van der Waals surface area contributed by atoms with Gasteiger partial charge >= 0.3 is 0 Å². The van der Waals surface area contributed by atoms with Gasteiger partial charge in [-0.1, -0.05) is 42.5 Å². The molecule has 2 aliphatic carbocycles. The van der Waals surface area contributed by atoms with Gasteiger partial charge in [-0.3, -0.25) is 24.6 Å². The minimum absolute atomic E-state index is 0.0221. The lowest BCUT2D eigenvalue weighted by atomic mass is 9.57. The topological polar surface area (TPSA) is 106 Å². The molecule has 3 amide bonds. The zero-order chi connectivity index (χ0) is 40.7. The Morgan fingerprint density at radius 2 is 1.65 bits per heavy atom. The largest absolute Gasteiger partial charge is 0.508 e. The van der Waals surface area contributed by atoms with Gasteiger partial charge in [0.25, 0.3) is 5.91 Å². The van der Waals surface area contributed by atoms with Crippen molar-refractivity contribution in [3.63, 3.8) is 0 Å². The van der Waals surface area contributed by atoms with Crippen molar-refractivity contribution in [3.8, 4) is 11.5 Å². The molecule has 11 heteroatoms. The first kappa shape index (κ1) is 37.6. The Bertz CT molecular complexity index is 2370. The van der Waals surface area contributed by atoms with Crippen LogP contribution in [0, 0.1) is 17.2 Å². The minimum Gasteiger partial charge on any atom is -0.508 e. The smallest absolute Gasteiger partial charge is 0.255 e. The highest BCUT2D eigenvalue weighted by Gasteiger charge is 2.48. The van der Waals surface area contributed by atoms with E-state index in [9.17, 15) is 19.5 Å². The first-order valence-corrected chi connectivity index (χ1v) is 22.0. The highest BCUT2D eigenvalue weighted by molar-refractivity contribution is 6.06. The standard InChI is InChI=1S/C49H52FN5O5/c50-40-23-33(45-36(31-4-2-1-3-5-31)9-6-32-22-35(56)8-10-37(32)45)7-12-41(40)53-18-16-49(17-19-53)24-30(25-49)26-52-20-21-54-34(27-52)29-60-46-39-28-55(43-14-15-44(57)51-47(43)58)48(59)38(39)11-13-42(46)54/h1-5,7-8,10-13,22-23,30,34,36,43,45,56H,6,9,14-21,24-29H2,(H,51,57,58)/t34-,36-,43+,45+/m1/s1. The van der Waals surface area contributed by atoms with Crippen molar-refractivity contribution in [2.75, 3.05) is 55.7 Å². The molecule has 1 spiro atoms. The Morgan fingerprint density at radius 3 is 2.45 bits per heavy atom. The summed E-state index contributed by atoms with van der Waals surface area (Å²) in [6, 6.07) is 25.7. The number of carbonyl (C=O) groups excluding carboxylic acids is 3. The normalized spacial score (nSPS) is 26.1. The van der Waals surface area contributed by atoms with Crippen molar-refractivity contribution in [2.45, 2.75) is 81.8 Å². The minimum atomic E-state index is -0.643. The summed E-state index contributed by atoms with van der Waals surface area (Å²) in [6.45, 7) is 6.51. The molecule has 7 aliphatic rings. The van der Waals surface area contributed by atoms with Crippen LogP contribution in [0.5, 0.6) is 11.5 Å². The number of piperazine rings is 1. The van der Waals surface area contributed by atoms with E-state index in [1.807, 2.05) is 36.4 Å². The van der Waals surface area contributed by atoms with Gasteiger partial charge in [0.15, 0.2) is 0 Å². The Morgan fingerprint density at radius 1 is 0.833 bits per heavy atom. The number of anilines is 2. The van der Waals surface area contributed by atoms with Gasteiger partial charge in [0.2, 0.25) is 11.8 Å². The number of hydrogen-bond acceptors (Lipinski definition) is 8. The molecule has 10 nitrogen and oxygen atoms in total. The van der Waals surface area contributed by atoms with Crippen LogP contribution >= 0.6 is 0 Å². The predicted octanol–water partition coefficient (Wildman–Crippen LogP) is 6.73. The summed E-state index contributed by atoms with van der Waals surface area (Å²) >= 11 is 0. The molecule has 4 atom stereocenters. The molecule has 11 rings (SSSR count). The summed E-state index contributed by atoms with van der Waals surface area (Å²) in [4.78, 5) is 46.6. The van der Waals surface area contributed by atoms with Crippen LogP contribution in [-0.4, -0.2) is 90.6 Å². The maximum Gasteiger partial charge on any atom is 0.255 e. The summed E-state index contributed by atoms with van der Waals surface area (Å²) in [5.74, 6) is 0.961. The molecule has 0 aromatic heterocycles. The lowest BCUT2D eigenvalue weighted by molar-refractivity contribution is -0.136. The lowest BCUT2D eigenvalue weighted by Gasteiger charge is -2.54. The van der Waals surface area contributed by atoms with E-state index in [4.69, 9.17) is 4.74 Å². The first-order valence-electron chi connectivity index (χ1n) is 22.0. The SMILES string of the molecule is O=C1CC[C@H](N2Cc3c(ccc4c3OC[C@H]3CN(CC5CC6(CCN(c7ccc([C@@H]8c9ccc(O)cc9CC[C@@H]8c8ccccc8)cc7F)CC6)C5)CCN43)C2=O)C(=O)N1. The maximum atomic E-state index is 16.2. The zero-order valence-electron chi connectivity index (χ0n) is 34.0. The van der Waals surface area contributed by atoms with Gasteiger partial charge in [0.05, 0.1) is 24.0 Å². The number of nitrogens with zero attached hydrogens (tertiary/aromatic N) is 4. The molecule has 0 unspecified atom stereocenters. The second kappa shape index (κ2) is 14.6. The Labute approximate surface area is 350 Å². The van der Waals surface area contributed by atoms with Gasteiger partial charge in [-0.05, 0) is 121 Å². The molecule has 3 saturated heterocycles. The van der Waals surface area contributed by atoms with Crippen LogP contribution in [0.2, 0.25) is 0 Å². The number of phenolic OH excluding ortho intramolecular Hbond substituents is 1. The molecule has 5 aliphatic heterocycles. The summed E-state index contributed by atoms with van der Waals surface area (Å²) < 4.78 is 22.7. The number of aromatic hydroxyl groups is 1. The number of ether oxygens (including phenoxy) is 1. The lowest BCUT2D eigenvalue weighted by Crippen LogP contribution is -2.59. The first-order chi connectivity index (χ1) is 29.2. The molecule has 4 fully saturated rings. The quantitative estimate of drug-likeness (QED) is 0.207. The van der Waals surface area contributed by atoms with Crippen molar-refractivity contribution < 1.29 is 28.6 Å². The summed E-state index contributed by atoms with van der Waals surface area (Å²) in [5.41, 5.74) is 8.12. The Kier molecular flexibility index (Phi) is 9.17. The third kappa shape index (κ3) is 6.42. The van der Waals surface area contributed by atoms with Crippen molar-refractivity contribution in [2.24, 2.45) is 11.3 Å². The number of imide groups is 1. The number of piperidine rings is 2. The molecular formula is C49H52FN5O5. The number of nitrogens with one attached hydrogen (secondary N) is 1. The number of rotatable bonds is 6. The summed E-state index contributed by atoms with van der Waals surface area (Å²) in [7, 11) is 0.